The maximum absolute atomic E-state index is 13.3. The first-order chi connectivity index (χ1) is 14.1. The van der Waals surface area contributed by atoms with Gasteiger partial charge in [-0.3, -0.25) is 9.59 Å². The Morgan fingerprint density at radius 1 is 1.14 bits per heavy atom. The number of phenols is 1. The average molecular weight is 393 g/mol. The van der Waals surface area contributed by atoms with Crippen molar-refractivity contribution < 1.29 is 19.1 Å². The highest BCUT2D eigenvalue weighted by Crippen LogP contribution is 2.40. The second-order valence-electron chi connectivity index (χ2n) is 7.21. The molecule has 1 aliphatic rings. The van der Waals surface area contributed by atoms with Crippen molar-refractivity contribution in [1.82, 2.24) is 4.90 Å². The summed E-state index contributed by atoms with van der Waals surface area (Å²) in [5, 5.41) is 10.4. The lowest BCUT2D eigenvalue weighted by Crippen LogP contribution is -2.30. The minimum Gasteiger partial charge on any atom is -0.504 e. The number of phenolic OH excluding ortho intramolecular Hbond substituents is 1. The van der Waals surface area contributed by atoms with Crippen LogP contribution in [0.4, 0.5) is 0 Å². The monoisotopic (exact) mass is 393 g/mol. The van der Waals surface area contributed by atoms with Crippen LogP contribution in [0.2, 0.25) is 0 Å². The number of hydrogen-bond acceptors (Lipinski definition) is 5. The number of carbonyl (C=O) groups is 1. The van der Waals surface area contributed by atoms with Crippen LogP contribution in [0.1, 0.15) is 53.9 Å². The fourth-order valence-electron chi connectivity index (χ4n) is 3.94. The van der Waals surface area contributed by atoms with Gasteiger partial charge in [-0.15, -0.1) is 0 Å². The third-order valence-corrected chi connectivity index (χ3v) is 5.40. The van der Waals surface area contributed by atoms with Crippen LogP contribution in [0.25, 0.3) is 11.0 Å². The van der Waals surface area contributed by atoms with Crippen molar-refractivity contribution in [2.45, 2.75) is 32.2 Å². The Morgan fingerprint density at radius 2 is 1.93 bits per heavy atom. The van der Waals surface area contributed by atoms with Crippen molar-refractivity contribution in [2.24, 2.45) is 0 Å². The fraction of sp³-hybridized carbons (Fsp3) is 0.304. The van der Waals surface area contributed by atoms with Crippen LogP contribution in [0.3, 0.4) is 0 Å². The van der Waals surface area contributed by atoms with Crippen LogP contribution in [-0.4, -0.2) is 29.6 Å². The highest BCUT2D eigenvalue weighted by atomic mass is 16.5. The smallest absolute Gasteiger partial charge is 0.290 e. The predicted octanol–water partition coefficient (Wildman–Crippen LogP) is 4.24. The summed E-state index contributed by atoms with van der Waals surface area (Å²) in [5.41, 5.74) is 1.25. The minimum atomic E-state index is -0.579. The SMILES string of the molecule is CCCCCN1C(=O)c2oc3ccccc3c(=O)c2C1c1ccc(O)c(OC)c1. The first-order valence-corrected chi connectivity index (χ1v) is 9.80. The molecule has 2 heterocycles. The summed E-state index contributed by atoms with van der Waals surface area (Å²) >= 11 is 0. The molecule has 0 saturated heterocycles. The lowest BCUT2D eigenvalue weighted by atomic mass is 9.98. The number of unbranched alkanes of at least 4 members (excludes halogenated alkanes) is 2. The number of rotatable bonds is 6. The van der Waals surface area contributed by atoms with Crippen molar-refractivity contribution in [1.29, 1.82) is 0 Å². The summed E-state index contributed by atoms with van der Waals surface area (Å²) in [7, 11) is 1.47. The van der Waals surface area contributed by atoms with E-state index in [1.807, 2.05) is 0 Å². The van der Waals surface area contributed by atoms with Crippen LogP contribution in [0.15, 0.2) is 51.7 Å². The minimum absolute atomic E-state index is 0.00359. The maximum Gasteiger partial charge on any atom is 0.290 e. The second-order valence-corrected chi connectivity index (χ2v) is 7.21. The summed E-state index contributed by atoms with van der Waals surface area (Å²) in [6, 6.07) is 11.3. The zero-order valence-electron chi connectivity index (χ0n) is 16.5. The van der Waals surface area contributed by atoms with Crippen LogP contribution < -0.4 is 10.2 Å². The number of aromatic hydroxyl groups is 1. The molecule has 29 heavy (non-hydrogen) atoms. The van der Waals surface area contributed by atoms with E-state index in [9.17, 15) is 14.7 Å². The molecule has 1 aliphatic heterocycles. The first kappa shape index (κ1) is 19.1. The molecule has 0 bridgehead atoms. The Hall–Kier alpha value is -3.28. The Balaban J connectivity index is 1.92. The van der Waals surface area contributed by atoms with Gasteiger partial charge in [-0.2, -0.15) is 0 Å². The van der Waals surface area contributed by atoms with Crippen LogP contribution in [0.5, 0.6) is 11.5 Å². The number of ether oxygens (including phenoxy) is 1. The molecule has 1 aromatic heterocycles. The predicted molar refractivity (Wildman–Crippen MR) is 110 cm³/mol. The summed E-state index contributed by atoms with van der Waals surface area (Å²) in [6.45, 7) is 2.61. The molecule has 0 aliphatic carbocycles. The molecular weight excluding hydrogens is 370 g/mol. The molecule has 0 fully saturated rings. The van der Waals surface area contributed by atoms with Gasteiger partial charge in [0.2, 0.25) is 5.76 Å². The summed E-state index contributed by atoms with van der Waals surface area (Å²) < 4.78 is 11.1. The van der Waals surface area contributed by atoms with Crippen LogP contribution in [0, 0.1) is 0 Å². The zero-order valence-corrected chi connectivity index (χ0v) is 16.5. The van der Waals surface area contributed by atoms with Gasteiger partial charge in [0.25, 0.3) is 5.91 Å². The van der Waals surface area contributed by atoms with E-state index in [0.29, 0.717) is 34.4 Å². The number of fused-ring (bicyclic) bond motifs is 2. The van der Waals surface area contributed by atoms with Crippen LogP contribution >= 0.6 is 0 Å². The molecule has 6 nitrogen and oxygen atoms in total. The third kappa shape index (κ3) is 3.14. The van der Waals surface area contributed by atoms with E-state index in [1.54, 1.807) is 41.3 Å². The lowest BCUT2D eigenvalue weighted by Gasteiger charge is -2.25. The van der Waals surface area contributed by atoms with E-state index in [0.717, 1.165) is 19.3 Å². The van der Waals surface area contributed by atoms with Gasteiger partial charge in [-0.25, -0.2) is 0 Å². The third-order valence-electron chi connectivity index (χ3n) is 5.40. The Kier molecular flexibility index (Phi) is 5.01. The molecule has 1 atom stereocenters. The number of para-hydroxylation sites is 1. The topological polar surface area (TPSA) is 80.0 Å². The highest BCUT2D eigenvalue weighted by molar-refractivity contribution is 5.99. The first-order valence-electron chi connectivity index (χ1n) is 9.80. The Labute approximate surface area is 168 Å². The van der Waals surface area contributed by atoms with Gasteiger partial charge in [-0.1, -0.05) is 38.0 Å². The Bertz CT molecular complexity index is 1130. The number of nitrogens with zero attached hydrogens (tertiary/aromatic N) is 1. The van der Waals surface area contributed by atoms with Crippen molar-refractivity contribution in [3.05, 3.63) is 69.6 Å². The molecule has 0 saturated carbocycles. The van der Waals surface area contributed by atoms with Gasteiger partial charge >= 0.3 is 0 Å². The summed E-state index contributed by atoms with van der Waals surface area (Å²) in [6.07, 6.45) is 2.83. The number of amides is 1. The average Bonchev–Trinajstić information content (AvgIpc) is 3.01. The molecule has 1 N–H and O–H groups in total. The van der Waals surface area contributed by atoms with E-state index in [2.05, 4.69) is 6.92 Å². The van der Waals surface area contributed by atoms with E-state index >= 15 is 0 Å². The molecule has 0 radical (unpaired) electrons. The van der Waals surface area contributed by atoms with Crippen molar-refractivity contribution >= 4 is 16.9 Å². The van der Waals surface area contributed by atoms with Gasteiger partial charge in [0.1, 0.15) is 5.58 Å². The molecule has 150 valence electrons. The van der Waals surface area contributed by atoms with Gasteiger partial charge < -0.3 is 19.2 Å². The molecule has 6 heteroatoms. The molecule has 4 rings (SSSR count). The van der Waals surface area contributed by atoms with Crippen molar-refractivity contribution in [2.75, 3.05) is 13.7 Å². The fourth-order valence-corrected chi connectivity index (χ4v) is 3.94. The van der Waals surface area contributed by atoms with Gasteiger partial charge in [0.15, 0.2) is 16.9 Å². The quantitative estimate of drug-likeness (QED) is 0.634. The van der Waals surface area contributed by atoms with E-state index in [-0.39, 0.29) is 22.8 Å². The standard InChI is InChI=1S/C23H23NO5/c1-3-4-7-12-24-20(14-10-11-16(25)18(13-14)28-2)19-21(26)15-8-5-6-9-17(15)29-22(19)23(24)27/h5-6,8-11,13,20,25H,3-4,7,12H2,1-2H3. The number of methoxy groups -OCH3 is 1. The van der Waals surface area contributed by atoms with Crippen LogP contribution in [-0.2, 0) is 0 Å². The van der Waals surface area contributed by atoms with E-state index in [4.69, 9.17) is 9.15 Å². The van der Waals surface area contributed by atoms with Gasteiger partial charge in [-0.05, 0) is 36.2 Å². The van der Waals surface area contributed by atoms with Gasteiger partial charge in [0, 0.05) is 6.54 Å². The number of benzene rings is 2. The second kappa shape index (κ2) is 7.62. The largest absolute Gasteiger partial charge is 0.504 e. The zero-order chi connectivity index (χ0) is 20.5. The van der Waals surface area contributed by atoms with Crippen molar-refractivity contribution in [3.8, 4) is 11.5 Å². The van der Waals surface area contributed by atoms with Gasteiger partial charge in [0.05, 0.1) is 24.1 Å². The van der Waals surface area contributed by atoms with E-state index in [1.165, 1.54) is 13.2 Å². The maximum atomic E-state index is 13.3. The molecule has 2 aromatic carbocycles. The normalized spacial score (nSPS) is 15.7. The highest BCUT2D eigenvalue weighted by Gasteiger charge is 2.42. The molecular formula is C23H23NO5. The number of carbonyl (C=O) groups excluding carboxylic acids is 1. The summed E-state index contributed by atoms with van der Waals surface area (Å²) in [5.74, 6) is 0.115. The molecule has 1 amide bonds. The van der Waals surface area contributed by atoms with Crippen molar-refractivity contribution in [3.63, 3.8) is 0 Å². The summed E-state index contributed by atoms with van der Waals surface area (Å²) in [4.78, 5) is 28.2. The lowest BCUT2D eigenvalue weighted by molar-refractivity contribution is 0.0724. The Morgan fingerprint density at radius 3 is 2.69 bits per heavy atom. The molecule has 1 unspecified atom stereocenters. The molecule has 0 spiro atoms. The number of hydrogen-bond donors (Lipinski definition) is 1. The van der Waals surface area contributed by atoms with E-state index < -0.39 is 6.04 Å². The molecule has 3 aromatic rings.